The van der Waals surface area contributed by atoms with Crippen molar-refractivity contribution in [2.24, 2.45) is 0 Å². The van der Waals surface area contributed by atoms with Gasteiger partial charge in [-0.05, 0) is 18.9 Å². The highest BCUT2D eigenvalue weighted by Gasteiger charge is 2.38. The van der Waals surface area contributed by atoms with Gasteiger partial charge >= 0.3 is 0 Å². The van der Waals surface area contributed by atoms with Crippen molar-refractivity contribution in [3.05, 3.63) is 35.4 Å². The fourth-order valence-electron chi connectivity index (χ4n) is 2.19. The fraction of sp³-hybridized carbons (Fsp3) is 0.562. The molecular formula is C16H23NO3. The van der Waals surface area contributed by atoms with E-state index in [0.29, 0.717) is 18.8 Å². The smallest absolute Gasteiger partial charge is 0.280 e. The fourth-order valence-corrected chi connectivity index (χ4v) is 2.19. The van der Waals surface area contributed by atoms with Gasteiger partial charge in [-0.25, -0.2) is 0 Å². The van der Waals surface area contributed by atoms with Crippen LogP contribution in [-0.4, -0.2) is 24.2 Å². The van der Waals surface area contributed by atoms with E-state index in [1.807, 2.05) is 24.3 Å². The topological polar surface area (TPSA) is 38.8 Å². The average Bonchev–Trinajstić information content (AvgIpc) is 2.74. The summed E-state index contributed by atoms with van der Waals surface area (Å²) < 4.78 is 5.86. The summed E-state index contributed by atoms with van der Waals surface area (Å²) in [5.41, 5.74) is 1.59. The lowest BCUT2D eigenvalue weighted by Gasteiger charge is -2.24. The second-order valence-corrected chi connectivity index (χ2v) is 4.98. The highest BCUT2D eigenvalue weighted by Crippen LogP contribution is 2.34. The molecule has 1 aliphatic rings. The Morgan fingerprint density at radius 2 is 1.80 bits per heavy atom. The molecule has 0 radical (unpaired) electrons. The Bertz CT molecular complexity index is 447. The zero-order valence-corrected chi connectivity index (χ0v) is 12.3. The number of ether oxygens (including phenoxy) is 1. The Morgan fingerprint density at radius 1 is 1.10 bits per heavy atom. The standard InChI is InChI=1S/C16H23NO3/c1-3-5-11-19-16-14-10-8-7-9-13(14)15(18)17(16)20-12-6-4-2/h7-10,16H,3-6,11-12H2,1-2H3. The monoisotopic (exact) mass is 277 g/mol. The third-order valence-corrected chi connectivity index (χ3v) is 3.37. The summed E-state index contributed by atoms with van der Waals surface area (Å²) in [6.07, 6.45) is 3.62. The molecule has 20 heavy (non-hydrogen) atoms. The van der Waals surface area contributed by atoms with Crippen LogP contribution >= 0.6 is 0 Å². The number of nitrogens with zero attached hydrogens (tertiary/aromatic N) is 1. The van der Waals surface area contributed by atoms with Gasteiger partial charge in [0.1, 0.15) is 0 Å². The second kappa shape index (κ2) is 7.41. The molecule has 4 heteroatoms. The van der Waals surface area contributed by atoms with E-state index in [9.17, 15) is 4.79 Å². The van der Waals surface area contributed by atoms with Crippen LogP contribution in [0.4, 0.5) is 0 Å². The van der Waals surface area contributed by atoms with E-state index < -0.39 is 6.23 Å². The summed E-state index contributed by atoms with van der Waals surface area (Å²) in [7, 11) is 0. The largest absolute Gasteiger partial charge is 0.352 e. The molecule has 0 fully saturated rings. The van der Waals surface area contributed by atoms with Crippen LogP contribution in [0.3, 0.4) is 0 Å². The molecule has 4 nitrogen and oxygen atoms in total. The van der Waals surface area contributed by atoms with E-state index in [-0.39, 0.29) is 5.91 Å². The van der Waals surface area contributed by atoms with Crippen LogP contribution in [0.15, 0.2) is 24.3 Å². The van der Waals surface area contributed by atoms with E-state index in [2.05, 4.69) is 13.8 Å². The molecule has 1 aliphatic heterocycles. The average molecular weight is 277 g/mol. The minimum atomic E-state index is -0.401. The minimum Gasteiger partial charge on any atom is -0.352 e. The molecule has 0 saturated heterocycles. The van der Waals surface area contributed by atoms with Crippen molar-refractivity contribution >= 4 is 5.91 Å². The van der Waals surface area contributed by atoms with E-state index in [1.165, 1.54) is 5.06 Å². The second-order valence-electron chi connectivity index (χ2n) is 4.98. The van der Waals surface area contributed by atoms with E-state index >= 15 is 0 Å². The van der Waals surface area contributed by atoms with Crippen LogP contribution in [0, 0.1) is 0 Å². The van der Waals surface area contributed by atoms with Crippen molar-refractivity contribution < 1.29 is 14.4 Å². The molecule has 0 aromatic heterocycles. The van der Waals surface area contributed by atoms with Gasteiger partial charge in [-0.3, -0.25) is 9.63 Å². The number of benzene rings is 1. The van der Waals surface area contributed by atoms with Crippen LogP contribution in [0.5, 0.6) is 0 Å². The first-order valence-electron chi connectivity index (χ1n) is 7.46. The molecule has 0 N–H and O–H groups in total. The molecular weight excluding hydrogens is 254 g/mol. The summed E-state index contributed by atoms with van der Waals surface area (Å²) in [6.45, 7) is 5.39. The maximum Gasteiger partial charge on any atom is 0.280 e. The summed E-state index contributed by atoms with van der Waals surface area (Å²) in [5, 5.41) is 1.40. The number of amides is 1. The highest BCUT2D eigenvalue weighted by molar-refractivity contribution is 5.98. The molecule has 1 aromatic carbocycles. The van der Waals surface area contributed by atoms with Gasteiger partial charge < -0.3 is 4.74 Å². The maximum absolute atomic E-state index is 12.4. The van der Waals surface area contributed by atoms with Crippen LogP contribution in [0.25, 0.3) is 0 Å². The predicted molar refractivity (Wildman–Crippen MR) is 77.1 cm³/mol. The Balaban J connectivity index is 2.10. The normalized spacial score (nSPS) is 17.6. The van der Waals surface area contributed by atoms with Crippen molar-refractivity contribution in [3.63, 3.8) is 0 Å². The van der Waals surface area contributed by atoms with E-state index in [4.69, 9.17) is 9.57 Å². The summed E-state index contributed by atoms with van der Waals surface area (Å²) in [4.78, 5) is 18.0. The third-order valence-electron chi connectivity index (χ3n) is 3.37. The van der Waals surface area contributed by atoms with Crippen molar-refractivity contribution in [2.45, 2.75) is 45.8 Å². The summed E-state index contributed by atoms with van der Waals surface area (Å²) >= 11 is 0. The van der Waals surface area contributed by atoms with Gasteiger partial charge in [0.05, 0.1) is 6.61 Å². The van der Waals surface area contributed by atoms with Gasteiger partial charge in [0.2, 0.25) is 0 Å². The molecule has 0 spiro atoms. The molecule has 1 unspecified atom stereocenters. The maximum atomic E-state index is 12.4. The number of unbranched alkanes of at least 4 members (excludes halogenated alkanes) is 2. The lowest BCUT2D eigenvalue weighted by molar-refractivity contribution is -0.216. The van der Waals surface area contributed by atoms with Crippen molar-refractivity contribution in [3.8, 4) is 0 Å². The Kier molecular flexibility index (Phi) is 5.56. The van der Waals surface area contributed by atoms with E-state index in [1.54, 1.807) is 0 Å². The van der Waals surface area contributed by atoms with Crippen LogP contribution in [0.2, 0.25) is 0 Å². The molecule has 1 heterocycles. The minimum absolute atomic E-state index is 0.0989. The molecule has 0 saturated carbocycles. The summed E-state index contributed by atoms with van der Waals surface area (Å²) in [6, 6.07) is 7.57. The number of carbonyl (C=O) groups is 1. The molecule has 0 aliphatic carbocycles. The van der Waals surface area contributed by atoms with Crippen LogP contribution in [0.1, 0.15) is 61.7 Å². The SMILES string of the molecule is CCCCOC1c2ccccc2C(=O)N1OCCCC. The molecule has 1 atom stereocenters. The molecule has 110 valence electrons. The first-order valence-corrected chi connectivity index (χ1v) is 7.46. The zero-order chi connectivity index (χ0) is 14.4. The van der Waals surface area contributed by atoms with Crippen molar-refractivity contribution in [1.82, 2.24) is 5.06 Å². The number of carbonyl (C=O) groups excluding carboxylic acids is 1. The van der Waals surface area contributed by atoms with Gasteiger partial charge in [-0.1, -0.05) is 44.9 Å². The van der Waals surface area contributed by atoms with Gasteiger partial charge in [0, 0.05) is 17.7 Å². The number of rotatable bonds is 8. The molecule has 1 aromatic rings. The Hall–Kier alpha value is -1.39. The first kappa shape index (κ1) is 15.0. The molecule has 1 amide bonds. The van der Waals surface area contributed by atoms with Gasteiger partial charge in [0.25, 0.3) is 5.91 Å². The van der Waals surface area contributed by atoms with Gasteiger partial charge in [-0.15, -0.1) is 0 Å². The predicted octanol–water partition coefficient (Wildman–Crippen LogP) is 3.69. The van der Waals surface area contributed by atoms with Crippen LogP contribution in [-0.2, 0) is 9.57 Å². The first-order chi connectivity index (χ1) is 9.79. The Labute approximate surface area is 120 Å². The lowest BCUT2D eigenvalue weighted by atomic mass is 10.1. The van der Waals surface area contributed by atoms with E-state index in [0.717, 1.165) is 31.2 Å². The summed E-state index contributed by atoms with van der Waals surface area (Å²) in [5.74, 6) is -0.0989. The molecule has 0 bridgehead atoms. The van der Waals surface area contributed by atoms with Gasteiger partial charge in [-0.2, -0.15) is 5.06 Å². The number of fused-ring (bicyclic) bond motifs is 1. The van der Waals surface area contributed by atoms with Crippen molar-refractivity contribution in [2.75, 3.05) is 13.2 Å². The quantitative estimate of drug-likeness (QED) is 0.680. The van der Waals surface area contributed by atoms with Crippen molar-refractivity contribution in [1.29, 1.82) is 0 Å². The molecule has 2 rings (SSSR count). The number of hydroxylamine groups is 2. The Morgan fingerprint density at radius 3 is 2.55 bits per heavy atom. The highest BCUT2D eigenvalue weighted by atomic mass is 16.7. The van der Waals surface area contributed by atoms with Crippen LogP contribution < -0.4 is 0 Å². The zero-order valence-electron chi connectivity index (χ0n) is 12.3. The third kappa shape index (κ3) is 3.19. The van der Waals surface area contributed by atoms with Gasteiger partial charge in [0.15, 0.2) is 6.23 Å². The lowest BCUT2D eigenvalue weighted by Crippen LogP contribution is -2.30. The number of hydrogen-bond acceptors (Lipinski definition) is 3. The number of hydrogen-bond donors (Lipinski definition) is 0.